The Morgan fingerprint density at radius 1 is 0.625 bits per heavy atom. The number of piperazine rings is 2. The smallest absolute Gasteiger partial charge is 0.419 e. The van der Waals surface area contributed by atoms with Gasteiger partial charge in [-0.15, -0.1) is 0 Å². The standard InChI is InChI=1S/C68H80F6N12O8S2/c1-39-34-79(22-24-91-55-20-18-45(26-49(55)43-14-12-15-43)85-62(95)83(60(89)65(85,8)9)47-28-51(67(69,70)71)53(30-75)77-32-47)35-40(2)81(39)38-57(87)93-58(59(88)94-64(5,6)7)82-41(3)36-80(37-42(82)4)23-25-92-56-21-19-46(27-50(56)44-16-13-17-44)86-63(96)84(61(90)66(86,10)11)48-29-52(68(72,73)74)54(31-76)78-33-48/h18-21,26-29,32-33,39-44,58H,12-17,22-25,34-38H2,1-11H3/t39-,40+,41-,42+,58?. The summed E-state index contributed by atoms with van der Waals surface area (Å²) >= 11 is 11.6. The van der Waals surface area contributed by atoms with Crippen LogP contribution in [0.15, 0.2) is 60.9 Å². The minimum absolute atomic E-state index is 0.0344. The van der Waals surface area contributed by atoms with Crippen molar-refractivity contribution < 1.29 is 64.5 Å². The summed E-state index contributed by atoms with van der Waals surface area (Å²) in [5.41, 5.74) is -5.09. The molecule has 5 atom stereocenters. The molecule has 1 unspecified atom stereocenters. The van der Waals surface area contributed by atoms with Gasteiger partial charge in [-0.3, -0.25) is 43.8 Å². The number of carbonyl (C=O) groups excluding carboxylic acids is 4. The van der Waals surface area contributed by atoms with Crippen LogP contribution in [0.25, 0.3) is 0 Å². The van der Waals surface area contributed by atoms with E-state index < -0.39 is 81.5 Å². The van der Waals surface area contributed by atoms with Crippen LogP contribution in [0.4, 0.5) is 49.1 Å². The van der Waals surface area contributed by atoms with Gasteiger partial charge in [0.15, 0.2) is 21.6 Å². The Morgan fingerprint density at radius 2 is 1.02 bits per heavy atom. The Balaban J connectivity index is 0.743. The second-order valence-corrected chi connectivity index (χ2v) is 28.6. The average Bonchev–Trinajstić information content (AvgIpc) is 1.69. The number of amides is 2. The highest BCUT2D eigenvalue weighted by molar-refractivity contribution is 7.81. The number of benzene rings is 2. The molecule has 28 heteroatoms. The molecule has 0 radical (unpaired) electrons. The highest BCUT2D eigenvalue weighted by Crippen LogP contribution is 2.48. The number of hydrogen-bond acceptors (Lipinski definition) is 18. The monoisotopic (exact) mass is 1370 g/mol. The summed E-state index contributed by atoms with van der Waals surface area (Å²) in [5.74, 6) is -0.713. The fraction of sp³-hybridized carbons (Fsp3) is 0.559. The summed E-state index contributed by atoms with van der Waals surface area (Å²) in [7, 11) is 0. The number of halogens is 6. The van der Waals surface area contributed by atoms with Gasteiger partial charge in [-0.25, -0.2) is 14.8 Å². The van der Waals surface area contributed by atoms with E-state index in [4.69, 9.17) is 43.4 Å². The van der Waals surface area contributed by atoms with E-state index >= 15 is 0 Å². The van der Waals surface area contributed by atoms with Crippen molar-refractivity contribution in [2.24, 2.45) is 0 Å². The number of carbonyl (C=O) groups is 4. The Labute approximate surface area is 565 Å². The summed E-state index contributed by atoms with van der Waals surface area (Å²) < 4.78 is 109. The van der Waals surface area contributed by atoms with Crippen LogP contribution in [-0.4, -0.2) is 170 Å². The van der Waals surface area contributed by atoms with E-state index in [9.17, 15) is 56.0 Å². The van der Waals surface area contributed by atoms with Crippen LogP contribution in [0.2, 0.25) is 0 Å². The number of aromatic nitrogens is 2. The molecule has 6 fully saturated rings. The largest absolute Gasteiger partial charge is 0.492 e. The maximum absolute atomic E-state index is 14.2. The number of esters is 2. The molecule has 20 nitrogen and oxygen atoms in total. The lowest BCUT2D eigenvalue weighted by Gasteiger charge is -2.47. The predicted octanol–water partition coefficient (Wildman–Crippen LogP) is 11.1. The van der Waals surface area contributed by atoms with Gasteiger partial charge in [0.1, 0.15) is 53.5 Å². The highest BCUT2D eigenvalue weighted by atomic mass is 32.1. The van der Waals surface area contributed by atoms with E-state index in [1.54, 1.807) is 70.4 Å². The number of anilines is 4. The zero-order valence-electron chi connectivity index (χ0n) is 55.6. The molecule has 2 amide bonds. The fourth-order valence-electron chi connectivity index (χ4n) is 13.9. The van der Waals surface area contributed by atoms with Crippen molar-refractivity contribution in [1.29, 1.82) is 10.5 Å². The quantitative estimate of drug-likeness (QED) is 0.0486. The van der Waals surface area contributed by atoms with E-state index in [1.165, 1.54) is 12.1 Å². The van der Waals surface area contributed by atoms with Gasteiger partial charge >= 0.3 is 24.3 Å². The van der Waals surface area contributed by atoms with Gasteiger partial charge in [-0.05, 0) is 198 Å². The summed E-state index contributed by atoms with van der Waals surface area (Å²) in [6.45, 7) is 23.8. The molecule has 2 aromatic carbocycles. The topological polar surface area (TPSA) is 204 Å². The zero-order chi connectivity index (χ0) is 69.9. The second kappa shape index (κ2) is 27.4. The van der Waals surface area contributed by atoms with Crippen LogP contribution in [0.5, 0.6) is 11.5 Å². The van der Waals surface area contributed by atoms with Crippen LogP contribution in [0, 0.1) is 22.7 Å². The van der Waals surface area contributed by atoms with Gasteiger partial charge < -0.3 is 28.7 Å². The molecule has 0 spiro atoms. The number of ether oxygens (including phenoxy) is 4. The number of thiocarbonyl (C=S) groups is 2. The molecule has 4 saturated heterocycles. The third-order valence-electron chi connectivity index (χ3n) is 19.0. The van der Waals surface area contributed by atoms with E-state index in [0.717, 1.165) is 84.0 Å². The number of nitriles is 2. The lowest BCUT2D eigenvalue weighted by Crippen LogP contribution is -2.64. The average molecular weight is 1370 g/mol. The molecule has 0 bridgehead atoms. The number of nitrogens with zero attached hydrogens (tertiary/aromatic N) is 12. The molecule has 2 aromatic heterocycles. The van der Waals surface area contributed by atoms with Gasteiger partial charge in [0.25, 0.3) is 18.0 Å². The summed E-state index contributed by atoms with van der Waals surface area (Å²) in [6, 6.07) is 14.7. The highest BCUT2D eigenvalue weighted by Gasteiger charge is 2.53. The lowest BCUT2D eigenvalue weighted by molar-refractivity contribution is -0.199. The molecule has 96 heavy (non-hydrogen) atoms. The third kappa shape index (κ3) is 14.4. The first-order valence-corrected chi connectivity index (χ1v) is 33.1. The van der Waals surface area contributed by atoms with E-state index in [0.29, 0.717) is 75.4 Å². The second-order valence-electron chi connectivity index (χ2n) is 27.8. The number of pyridine rings is 2. The van der Waals surface area contributed by atoms with Crippen molar-refractivity contribution in [3.05, 3.63) is 94.6 Å². The molecule has 4 aromatic rings. The van der Waals surface area contributed by atoms with Crippen molar-refractivity contribution in [2.75, 3.05) is 78.6 Å². The maximum Gasteiger partial charge on any atom is 0.419 e. The van der Waals surface area contributed by atoms with Gasteiger partial charge in [0, 0.05) is 74.8 Å². The first kappa shape index (κ1) is 71.2. The van der Waals surface area contributed by atoms with Crippen LogP contribution in [-0.2, 0) is 41.0 Å². The molecule has 2 aliphatic carbocycles. The van der Waals surface area contributed by atoms with Crippen LogP contribution in [0.1, 0.15) is 160 Å². The van der Waals surface area contributed by atoms with Crippen molar-refractivity contribution in [1.82, 2.24) is 29.6 Å². The number of rotatable bonds is 19. The first-order valence-electron chi connectivity index (χ1n) is 32.3. The summed E-state index contributed by atoms with van der Waals surface area (Å²) in [6.07, 6.45) is -3.36. The number of alkyl halides is 6. The molecule has 6 aliphatic rings. The molecule has 4 aliphatic heterocycles. The fourth-order valence-corrected chi connectivity index (χ4v) is 14.9. The van der Waals surface area contributed by atoms with E-state index in [2.05, 4.69) is 24.7 Å². The molecule has 10 rings (SSSR count). The zero-order valence-corrected chi connectivity index (χ0v) is 57.3. The number of hydrogen-bond donors (Lipinski definition) is 0. The Hall–Kier alpha value is -7.60. The molecule has 2 saturated carbocycles. The first-order chi connectivity index (χ1) is 45.0. The SMILES string of the molecule is C[C@@H]1CN(CCOc2ccc(N3C(=S)N(c4cnc(C#N)c(C(F)(F)F)c4)C(=O)C3(C)C)cc2C2CCC2)C[C@H](C)N1CC(=O)OC(C(=O)OC(C)(C)C)N1[C@H](C)CN(CCOc2ccc(N3C(=S)N(c4cnc(C#N)c(C(F)(F)F)c4)C(=O)C3(C)C)cc2C2CCC2)C[C@@H]1C. The molecular formula is C68H80F6N12O8S2. The Bertz CT molecular complexity index is 3760. The minimum Gasteiger partial charge on any atom is -0.492 e. The predicted molar refractivity (Wildman–Crippen MR) is 353 cm³/mol. The Morgan fingerprint density at radius 3 is 1.38 bits per heavy atom. The van der Waals surface area contributed by atoms with Crippen LogP contribution in [0.3, 0.4) is 0 Å². The molecular weight excluding hydrogens is 1290 g/mol. The van der Waals surface area contributed by atoms with Gasteiger partial charge in [0.05, 0.1) is 41.4 Å². The molecule has 0 N–H and O–H groups in total. The Kier molecular flexibility index (Phi) is 20.3. The van der Waals surface area contributed by atoms with E-state index in [1.807, 2.05) is 56.9 Å². The van der Waals surface area contributed by atoms with Crippen molar-refractivity contribution in [3.8, 4) is 23.6 Å². The minimum atomic E-state index is -4.90. The van der Waals surface area contributed by atoms with Crippen LogP contribution >= 0.6 is 24.4 Å². The van der Waals surface area contributed by atoms with Crippen molar-refractivity contribution in [3.63, 3.8) is 0 Å². The lowest BCUT2D eigenvalue weighted by atomic mass is 9.79. The van der Waals surface area contributed by atoms with Gasteiger partial charge in [-0.2, -0.15) is 36.9 Å². The summed E-state index contributed by atoms with van der Waals surface area (Å²) in [4.78, 5) is 77.6. The maximum atomic E-state index is 14.2. The van der Waals surface area contributed by atoms with Crippen molar-refractivity contribution in [2.45, 2.75) is 186 Å². The van der Waals surface area contributed by atoms with E-state index in [-0.39, 0.29) is 64.1 Å². The van der Waals surface area contributed by atoms with Crippen molar-refractivity contribution >= 4 is 81.2 Å². The van der Waals surface area contributed by atoms with Gasteiger partial charge in [-0.1, -0.05) is 12.8 Å². The van der Waals surface area contributed by atoms with Gasteiger partial charge in [0.2, 0.25) is 0 Å². The normalized spacial score (nSPS) is 22.8. The third-order valence-corrected chi connectivity index (χ3v) is 19.7. The molecule has 514 valence electrons. The molecule has 6 heterocycles. The summed E-state index contributed by atoms with van der Waals surface area (Å²) in [5, 5.41) is 18.6. The van der Waals surface area contributed by atoms with Crippen LogP contribution < -0.4 is 29.1 Å².